The highest BCUT2D eigenvalue weighted by molar-refractivity contribution is 5.85. The second kappa shape index (κ2) is 5.69. The summed E-state index contributed by atoms with van der Waals surface area (Å²) in [6.45, 7) is 3.53. The van der Waals surface area contributed by atoms with E-state index in [-0.39, 0.29) is 11.8 Å². The number of piperidine rings is 2. The Morgan fingerprint density at radius 1 is 1.28 bits per heavy atom. The number of nitrogens with zero attached hydrogens (tertiary/aromatic N) is 1. The molecule has 0 bridgehead atoms. The van der Waals surface area contributed by atoms with E-state index in [0.717, 1.165) is 32.2 Å². The summed E-state index contributed by atoms with van der Waals surface area (Å²) in [6, 6.07) is -0.253. The van der Waals surface area contributed by atoms with Crippen molar-refractivity contribution in [2.24, 2.45) is 5.92 Å². The van der Waals surface area contributed by atoms with Crippen LogP contribution >= 0.6 is 0 Å². The van der Waals surface area contributed by atoms with Crippen molar-refractivity contribution in [3.63, 3.8) is 0 Å². The van der Waals surface area contributed by atoms with E-state index in [4.69, 9.17) is 0 Å². The maximum absolute atomic E-state index is 12.4. The van der Waals surface area contributed by atoms with Gasteiger partial charge in [-0.05, 0) is 45.6 Å². The Kier molecular flexibility index (Phi) is 4.22. The maximum atomic E-state index is 12.4. The van der Waals surface area contributed by atoms with Gasteiger partial charge in [-0.2, -0.15) is 0 Å². The van der Waals surface area contributed by atoms with E-state index >= 15 is 0 Å². The summed E-state index contributed by atoms with van der Waals surface area (Å²) in [5, 5.41) is 12.5. The highest BCUT2D eigenvalue weighted by atomic mass is 16.4. The van der Waals surface area contributed by atoms with Crippen molar-refractivity contribution in [2.45, 2.75) is 51.1 Å². The first-order valence-electron chi connectivity index (χ1n) is 6.86. The van der Waals surface area contributed by atoms with Crippen LogP contribution in [0.5, 0.6) is 0 Å². The van der Waals surface area contributed by atoms with Crippen LogP contribution in [0, 0.1) is 5.92 Å². The van der Waals surface area contributed by atoms with Crippen LogP contribution < -0.4 is 5.32 Å². The third-order valence-corrected chi connectivity index (χ3v) is 4.04. The van der Waals surface area contributed by atoms with Crippen molar-refractivity contribution < 1.29 is 14.7 Å². The van der Waals surface area contributed by atoms with Gasteiger partial charge in [0.15, 0.2) is 0 Å². The Labute approximate surface area is 108 Å². The quantitative estimate of drug-likeness (QED) is 0.766. The molecule has 102 valence electrons. The van der Waals surface area contributed by atoms with E-state index in [1.54, 1.807) is 4.90 Å². The topological polar surface area (TPSA) is 69.6 Å². The number of nitrogens with one attached hydrogen (secondary N) is 1. The second-order valence-electron chi connectivity index (χ2n) is 5.46. The van der Waals surface area contributed by atoms with Crippen LogP contribution in [0.1, 0.15) is 39.0 Å². The Hall–Kier alpha value is -1.10. The van der Waals surface area contributed by atoms with Crippen molar-refractivity contribution in [1.29, 1.82) is 0 Å². The Bertz CT molecular complexity index is 332. The number of carboxylic acid groups (broad SMARTS) is 1. The van der Waals surface area contributed by atoms with Crippen LogP contribution in [-0.4, -0.2) is 47.1 Å². The van der Waals surface area contributed by atoms with Gasteiger partial charge in [0.1, 0.15) is 6.04 Å². The standard InChI is InChI=1S/C13H22N2O3/c1-9-8-10(5-6-14-9)12(16)15-7-3-2-4-11(15)13(17)18/h9-11,14H,2-8H2,1H3,(H,17,18)/t9?,10?,11-/m0/s1. The summed E-state index contributed by atoms with van der Waals surface area (Å²) in [6.07, 6.45) is 4.08. The predicted molar refractivity (Wildman–Crippen MR) is 67.2 cm³/mol. The Morgan fingerprint density at radius 3 is 2.72 bits per heavy atom. The molecule has 5 nitrogen and oxygen atoms in total. The largest absolute Gasteiger partial charge is 0.480 e. The molecule has 2 saturated heterocycles. The van der Waals surface area contributed by atoms with Gasteiger partial charge >= 0.3 is 5.97 Å². The SMILES string of the molecule is CC1CC(C(=O)N2CCCC[C@H]2C(=O)O)CCN1. The van der Waals surface area contributed by atoms with Gasteiger partial charge in [-0.3, -0.25) is 4.79 Å². The van der Waals surface area contributed by atoms with E-state index in [1.807, 2.05) is 0 Å². The number of carbonyl (C=O) groups is 2. The third kappa shape index (κ3) is 2.83. The molecule has 2 rings (SSSR count). The lowest BCUT2D eigenvalue weighted by atomic mass is 9.90. The van der Waals surface area contributed by atoms with Gasteiger partial charge in [-0.1, -0.05) is 0 Å². The molecule has 2 fully saturated rings. The maximum Gasteiger partial charge on any atom is 0.326 e. The summed E-state index contributed by atoms with van der Waals surface area (Å²) >= 11 is 0. The van der Waals surface area contributed by atoms with Crippen LogP contribution in [-0.2, 0) is 9.59 Å². The van der Waals surface area contributed by atoms with Gasteiger partial charge in [0.05, 0.1) is 0 Å². The number of rotatable bonds is 2. The van der Waals surface area contributed by atoms with E-state index in [2.05, 4.69) is 12.2 Å². The summed E-state index contributed by atoms with van der Waals surface area (Å²) in [5.41, 5.74) is 0. The molecule has 1 amide bonds. The molecule has 2 aliphatic rings. The van der Waals surface area contributed by atoms with Gasteiger partial charge < -0.3 is 15.3 Å². The molecule has 2 aliphatic heterocycles. The first kappa shape index (κ1) is 13.3. The number of carboxylic acids is 1. The van der Waals surface area contributed by atoms with E-state index in [1.165, 1.54) is 0 Å². The first-order valence-corrected chi connectivity index (χ1v) is 6.86. The van der Waals surface area contributed by atoms with Crippen LogP contribution in [0.3, 0.4) is 0 Å². The van der Waals surface area contributed by atoms with Gasteiger partial charge in [0, 0.05) is 18.5 Å². The third-order valence-electron chi connectivity index (χ3n) is 4.04. The minimum Gasteiger partial charge on any atom is -0.480 e. The molecule has 3 atom stereocenters. The molecular formula is C13H22N2O3. The molecule has 2 unspecified atom stereocenters. The lowest BCUT2D eigenvalue weighted by Crippen LogP contribution is -2.52. The zero-order chi connectivity index (χ0) is 13.1. The van der Waals surface area contributed by atoms with Crippen molar-refractivity contribution in [3.05, 3.63) is 0 Å². The van der Waals surface area contributed by atoms with Crippen LogP contribution in [0.4, 0.5) is 0 Å². The zero-order valence-corrected chi connectivity index (χ0v) is 10.9. The number of likely N-dealkylation sites (tertiary alicyclic amines) is 1. The normalized spacial score (nSPS) is 33.2. The number of amides is 1. The molecule has 0 radical (unpaired) electrons. The highest BCUT2D eigenvalue weighted by Crippen LogP contribution is 2.24. The fourth-order valence-corrected chi connectivity index (χ4v) is 3.04. The smallest absolute Gasteiger partial charge is 0.326 e. The van der Waals surface area contributed by atoms with Crippen molar-refractivity contribution in [3.8, 4) is 0 Å². The highest BCUT2D eigenvalue weighted by Gasteiger charge is 2.36. The molecule has 0 saturated carbocycles. The molecule has 2 N–H and O–H groups in total. The number of hydrogen-bond acceptors (Lipinski definition) is 3. The number of aliphatic carboxylic acids is 1. The summed E-state index contributed by atoms with van der Waals surface area (Å²) in [4.78, 5) is 25.3. The lowest BCUT2D eigenvalue weighted by Gasteiger charge is -2.37. The molecule has 5 heteroatoms. The summed E-state index contributed by atoms with van der Waals surface area (Å²) in [5.74, 6) is -0.804. The molecule has 0 aromatic rings. The van der Waals surface area contributed by atoms with Gasteiger partial charge in [0.25, 0.3) is 0 Å². The molecule has 0 aliphatic carbocycles. The van der Waals surface area contributed by atoms with E-state index < -0.39 is 12.0 Å². The molecule has 2 heterocycles. The fraction of sp³-hybridized carbons (Fsp3) is 0.846. The second-order valence-corrected chi connectivity index (χ2v) is 5.46. The average Bonchev–Trinajstić information content (AvgIpc) is 2.38. The lowest BCUT2D eigenvalue weighted by molar-refractivity contribution is -0.154. The molecule has 0 aromatic heterocycles. The zero-order valence-electron chi connectivity index (χ0n) is 10.9. The number of carbonyl (C=O) groups excluding carboxylic acids is 1. The molecule has 0 spiro atoms. The van der Waals surface area contributed by atoms with E-state index in [9.17, 15) is 14.7 Å². The van der Waals surface area contributed by atoms with Gasteiger partial charge in [-0.25, -0.2) is 4.79 Å². The predicted octanol–water partition coefficient (Wildman–Crippen LogP) is 0.840. The summed E-state index contributed by atoms with van der Waals surface area (Å²) in [7, 11) is 0. The van der Waals surface area contributed by atoms with E-state index in [0.29, 0.717) is 19.0 Å². The molecular weight excluding hydrogens is 232 g/mol. The summed E-state index contributed by atoms with van der Waals surface area (Å²) < 4.78 is 0. The monoisotopic (exact) mass is 254 g/mol. The van der Waals surface area contributed by atoms with Crippen molar-refractivity contribution >= 4 is 11.9 Å². The number of hydrogen-bond donors (Lipinski definition) is 2. The van der Waals surface area contributed by atoms with Gasteiger partial charge in [-0.15, -0.1) is 0 Å². The Balaban J connectivity index is 2.03. The molecule has 0 aromatic carbocycles. The van der Waals surface area contributed by atoms with Crippen LogP contribution in [0.2, 0.25) is 0 Å². The minimum absolute atomic E-state index is 0.00111. The first-order chi connectivity index (χ1) is 8.59. The average molecular weight is 254 g/mol. The molecule has 18 heavy (non-hydrogen) atoms. The van der Waals surface area contributed by atoms with Crippen molar-refractivity contribution in [1.82, 2.24) is 10.2 Å². The minimum atomic E-state index is -0.856. The van der Waals surface area contributed by atoms with Crippen LogP contribution in [0.15, 0.2) is 0 Å². The van der Waals surface area contributed by atoms with Gasteiger partial charge in [0.2, 0.25) is 5.91 Å². The fourth-order valence-electron chi connectivity index (χ4n) is 3.04. The van der Waals surface area contributed by atoms with Crippen molar-refractivity contribution in [2.75, 3.05) is 13.1 Å². The Morgan fingerprint density at radius 2 is 2.06 bits per heavy atom. The van der Waals surface area contributed by atoms with Crippen LogP contribution in [0.25, 0.3) is 0 Å².